The molecular weight excluding hydrogens is 290 g/mol. The molecule has 3 aromatic rings. The number of nitrogens with zero attached hydrogens (tertiary/aromatic N) is 2. The van der Waals surface area contributed by atoms with E-state index in [1.165, 1.54) is 5.56 Å². The third-order valence-electron chi connectivity index (χ3n) is 3.93. The largest absolute Gasteiger partial charge is 0.454 e. The predicted molar refractivity (Wildman–Crippen MR) is 87.4 cm³/mol. The van der Waals surface area contributed by atoms with Crippen LogP contribution in [0.5, 0.6) is 11.5 Å². The first-order valence-electron chi connectivity index (χ1n) is 7.59. The Hall–Kier alpha value is -2.66. The fourth-order valence-corrected chi connectivity index (χ4v) is 2.74. The number of aryl methyl sites for hydroxylation is 1. The van der Waals surface area contributed by atoms with Crippen LogP contribution in [0.1, 0.15) is 16.8 Å². The summed E-state index contributed by atoms with van der Waals surface area (Å²) in [4.78, 5) is 8.74. The fourth-order valence-electron chi connectivity index (χ4n) is 2.74. The van der Waals surface area contributed by atoms with Gasteiger partial charge in [0.25, 0.3) is 0 Å². The summed E-state index contributed by atoms with van der Waals surface area (Å²) in [6.07, 6.45) is 1.62. The van der Waals surface area contributed by atoms with E-state index in [0.717, 1.165) is 40.2 Å². The maximum Gasteiger partial charge on any atom is 0.231 e. The lowest BCUT2D eigenvalue weighted by molar-refractivity contribution is 0.174. The van der Waals surface area contributed by atoms with Gasteiger partial charge in [0.05, 0.1) is 11.2 Å². The monoisotopic (exact) mass is 307 g/mol. The summed E-state index contributed by atoms with van der Waals surface area (Å²) in [5.74, 6) is 1.62. The van der Waals surface area contributed by atoms with E-state index in [1.54, 1.807) is 6.33 Å². The van der Waals surface area contributed by atoms with E-state index >= 15 is 0 Å². The zero-order chi connectivity index (χ0) is 15.6. The van der Waals surface area contributed by atoms with Gasteiger partial charge in [0, 0.05) is 18.5 Å². The minimum atomic E-state index is 0.304. The van der Waals surface area contributed by atoms with Gasteiger partial charge in [-0.05, 0) is 36.8 Å². The first kappa shape index (κ1) is 14.0. The molecule has 1 aliphatic heterocycles. The molecule has 0 unspecified atom stereocenters. The Morgan fingerprint density at radius 3 is 2.87 bits per heavy atom. The van der Waals surface area contributed by atoms with E-state index in [2.05, 4.69) is 34.3 Å². The molecule has 23 heavy (non-hydrogen) atoms. The summed E-state index contributed by atoms with van der Waals surface area (Å²) < 4.78 is 10.7. The number of aromatic nitrogens is 2. The van der Waals surface area contributed by atoms with Gasteiger partial charge in [0.1, 0.15) is 6.33 Å². The molecule has 0 spiro atoms. The van der Waals surface area contributed by atoms with Crippen LogP contribution in [0.15, 0.2) is 42.7 Å². The molecule has 0 saturated carbocycles. The van der Waals surface area contributed by atoms with Gasteiger partial charge in [-0.1, -0.05) is 17.7 Å². The van der Waals surface area contributed by atoms with E-state index in [-0.39, 0.29) is 0 Å². The number of fused-ring (bicyclic) bond motifs is 2. The molecule has 2 heterocycles. The summed E-state index contributed by atoms with van der Waals surface area (Å²) in [6, 6.07) is 12.2. The van der Waals surface area contributed by atoms with Crippen molar-refractivity contribution in [2.75, 3.05) is 6.79 Å². The van der Waals surface area contributed by atoms with E-state index < -0.39 is 0 Å². The molecule has 1 N–H and O–H groups in total. The number of ether oxygens (including phenoxy) is 2. The highest BCUT2D eigenvalue weighted by molar-refractivity contribution is 5.81. The van der Waals surface area contributed by atoms with Crippen molar-refractivity contribution in [1.29, 1.82) is 0 Å². The van der Waals surface area contributed by atoms with Crippen LogP contribution in [0.2, 0.25) is 0 Å². The topological polar surface area (TPSA) is 56.3 Å². The maximum atomic E-state index is 5.40. The van der Waals surface area contributed by atoms with Gasteiger partial charge in [-0.15, -0.1) is 0 Å². The van der Waals surface area contributed by atoms with Crippen LogP contribution in [-0.2, 0) is 13.1 Å². The van der Waals surface area contributed by atoms with Gasteiger partial charge in [0.15, 0.2) is 11.5 Å². The smallest absolute Gasteiger partial charge is 0.231 e. The Balaban J connectivity index is 1.48. The summed E-state index contributed by atoms with van der Waals surface area (Å²) in [7, 11) is 0. The van der Waals surface area contributed by atoms with Crippen molar-refractivity contribution in [3.05, 3.63) is 59.5 Å². The summed E-state index contributed by atoms with van der Waals surface area (Å²) in [5.41, 5.74) is 4.36. The van der Waals surface area contributed by atoms with Crippen molar-refractivity contribution in [1.82, 2.24) is 15.3 Å². The lowest BCUT2D eigenvalue weighted by Gasteiger charge is -2.08. The standard InChI is InChI=1S/C18H17N3O2/c1-12-2-4-15-14(6-12)16(21-10-20-15)9-19-8-13-3-5-17-18(7-13)23-11-22-17/h2-7,10,19H,8-9,11H2,1H3. The first-order chi connectivity index (χ1) is 11.3. The summed E-state index contributed by atoms with van der Waals surface area (Å²) in [5, 5.41) is 4.54. The van der Waals surface area contributed by atoms with Crippen LogP contribution in [0.3, 0.4) is 0 Å². The predicted octanol–water partition coefficient (Wildman–Crippen LogP) is 2.96. The minimum Gasteiger partial charge on any atom is -0.454 e. The normalized spacial score (nSPS) is 12.7. The molecule has 0 saturated heterocycles. The van der Waals surface area contributed by atoms with Crippen LogP contribution in [0.4, 0.5) is 0 Å². The Morgan fingerprint density at radius 2 is 1.91 bits per heavy atom. The Bertz CT molecular complexity index is 864. The molecule has 4 rings (SSSR count). The van der Waals surface area contributed by atoms with Crippen molar-refractivity contribution in [3.63, 3.8) is 0 Å². The van der Waals surface area contributed by atoms with Crippen molar-refractivity contribution in [2.24, 2.45) is 0 Å². The average molecular weight is 307 g/mol. The van der Waals surface area contributed by atoms with Crippen LogP contribution in [0, 0.1) is 6.92 Å². The van der Waals surface area contributed by atoms with Crippen LogP contribution in [-0.4, -0.2) is 16.8 Å². The zero-order valence-electron chi connectivity index (χ0n) is 12.9. The molecule has 0 aliphatic carbocycles. The van der Waals surface area contributed by atoms with Crippen LogP contribution < -0.4 is 14.8 Å². The molecule has 2 aromatic carbocycles. The number of rotatable bonds is 4. The zero-order valence-corrected chi connectivity index (χ0v) is 12.9. The molecule has 0 radical (unpaired) electrons. The molecule has 0 atom stereocenters. The second-order valence-corrected chi connectivity index (χ2v) is 5.63. The average Bonchev–Trinajstić information content (AvgIpc) is 3.03. The van der Waals surface area contributed by atoms with E-state index in [4.69, 9.17) is 9.47 Å². The number of benzene rings is 2. The lowest BCUT2D eigenvalue weighted by atomic mass is 10.1. The molecule has 1 aliphatic rings. The van der Waals surface area contributed by atoms with Gasteiger partial charge >= 0.3 is 0 Å². The van der Waals surface area contributed by atoms with Crippen molar-refractivity contribution in [3.8, 4) is 11.5 Å². The lowest BCUT2D eigenvalue weighted by Crippen LogP contribution is -2.14. The molecule has 5 heteroatoms. The second-order valence-electron chi connectivity index (χ2n) is 5.63. The van der Waals surface area contributed by atoms with Gasteiger partial charge in [-0.25, -0.2) is 9.97 Å². The second kappa shape index (κ2) is 5.85. The fraction of sp³-hybridized carbons (Fsp3) is 0.222. The molecule has 0 fully saturated rings. The van der Waals surface area contributed by atoms with Crippen molar-refractivity contribution in [2.45, 2.75) is 20.0 Å². The quantitative estimate of drug-likeness (QED) is 0.803. The van der Waals surface area contributed by atoms with Gasteiger partial charge in [-0.3, -0.25) is 0 Å². The molecule has 0 bridgehead atoms. The van der Waals surface area contributed by atoms with Crippen molar-refractivity contribution >= 4 is 10.9 Å². The summed E-state index contributed by atoms with van der Waals surface area (Å²) >= 11 is 0. The van der Waals surface area contributed by atoms with E-state index in [9.17, 15) is 0 Å². The highest BCUT2D eigenvalue weighted by Gasteiger charge is 2.13. The Kier molecular flexibility index (Phi) is 3.55. The molecule has 5 nitrogen and oxygen atoms in total. The highest BCUT2D eigenvalue weighted by Crippen LogP contribution is 2.32. The minimum absolute atomic E-state index is 0.304. The molecule has 116 valence electrons. The van der Waals surface area contributed by atoms with E-state index in [0.29, 0.717) is 13.3 Å². The van der Waals surface area contributed by atoms with Gasteiger partial charge < -0.3 is 14.8 Å². The highest BCUT2D eigenvalue weighted by atomic mass is 16.7. The number of hydrogen-bond acceptors (Lipinski definition) is 5. The van der Waals surface area contributed by atoms with Crippen LogP contribution in [0.25, 0.3) is 10.9 Å². The van der Waals surface area contributed by atoms with Crippen LogP contribution >= 0.6 is 0 Å². The Morgan fingerprint density at radius 1 is 1.00 bits per heavy atom. The van der Waals surface area contributed by atoms with E-state index in [1.807, 2.05) is 24.3 Å². The van der Waals surface area contributed by atoms with Gasteiger partial charge in [-0.2, -0.15) is 0 Å². The summed E-state index contributed by atoms with van der Waals surface area (Å²) in [6.45, 7) is 3.82. The third-order valence-corrected chi connectivity index (χ3v) is 3.93. The number of hydrogen-bond donors (Lipinski definition) is 1. The Labute approximate surface area is 134 Å². The third kappa shape index (κ3) is 2.83. The molecule has 1 aromatic heterocycles. The maximum absolute atomic E-state index is 5.40. The first-order valence-corrected chi connectivity index (χ1v) is 7.59. The SMILES string of the molecule is Cc1ccc2ncnc(CNCc3ccc4c(c3)OCO4)c2c1. The molecule has 0 amide bonds. The van der Waals surface area contributed by atoms with Crippen molar-refractivity contribution < 1.29 is 9.47 Å². The van der Waals surface area contributed by atoms with Gasteiger partial charge in [0.2, 0.25) is 6.79 Å². The number of nitrogens with one attached hydrogen (secondary N) is 1. The molecular formula is C18H17N3O2.